The van der Waals surface area contributed by atoms with Crippen molar-refractivity contribution in [1.82, 2.24) is 14.8 Å². The van der Waals surface area contributed by atoms with E-state index in [1.54, 1.807) is 25.8 Å². The molecular formula is C18H23N3O3. The Morgan fingerprint density at radius 3 is 2.92 bits per heavy atom. The molecule has 1 aliphatic heterocycles. The van der Waals surface area contributed by atoms with Gasteiger partial charge < -0.3 is 14.1 Å². The molecule has 0 radical (unpaired) electrons. The van der Waals surface area contributed by atoms with Gasteiger partial charge in [0.05, 0.1) is 25.0 Å². The molecule has 2 aromatic rings. The summed E-state index contributed by atoms with van der Waals surface area (Å²) < 4.78 is 10.9. The number of amides is 1. The molecule has 0 saturated carbocycles. The lowest BCUT2D eigenvalue weighted by atomic mass is 10.1. The van der Waals surface area contributed by atoms with Gasteiger partial charge in [0, 0.05) is 32.6 Å². The van der Waals surface area contributed by atoms with Crippen LogP contribution >= 0.6 is 0 Å². The fraction of sp³-hybridized carbons (Fsp3) is 0.444. The van der Waals surface area contributed by atoms with E-state index in [0.29, 0.717) is 19.5 Å². The topological polar surface area (TPSA) is 58.8 Å². The van der Waals surface area contributed by atoms with Crippen LogP contribution in [0.3, 0.4) is 0 Å². The molecule has 1 fully saturated rings. The average molecular weight is 329 g/mol. The van der Waals surface area contributed by atoms with Crippen molar-refractivity contribution in [1.29, 1.82) is 0 Å². The molecule has 0 spiro atoms. The quantitative estimate of drug-likeness (QED) is 0.810. The minimum atomic E-state index is -0.165. The first kappa shape index (κ1) is 16.7. The molecule has 2 aromatic heterocycles. The lowest BCUT2D eigenvalue weighted by Crippen LogP contribution is -2.43. The third kappa shape index (κ3) is 3.83. The number of carbonyl (C=O) groups excluding carboxylic acids is 1. The van der Waals surface area contributed by atoms with Gasteiger partial charge in [0.25, 0.3) is 0 Å². The summed E-state index contributed by atoms with van der Waals surface area (Å²) in [4.78, 5) is 21.1. The van der Waals surface area contributed by atoms with Crippen LogP contribution in [-0.4, -0.2) is 53.5 Å². The van der Waals surface area contributed by atoms with Crippen molar-refractivity contribution in [2.75, 3.05) is 20.7 Å². The summed E-state index contributed by atoms with van der Waals surface area (Å²) in [6.07, 6.45) is 5.97. The largest absolute Gasteiger partial charge is 0.467 e. The number of aromatic nitrogens is 1. The fourth-order valence-corrected chi connectivity index (χ4v) is 3.14. The van der Waals surface area contributed by atoms with E-state index in [-0.39, 0.29) is 18.1 Å². The van der Waals surface area contributed by atoms with Crippen molar-refractivity contribution >= 4 is 5.91 Å². The standard InChI is InChI=1S/C18H23N3O3/c1-20-12-16(23-2)9-17(20)18(22)21(13-15-6-4-8-24-15)11-14-5-3-7-19-10-14/h3-8,10,16-17H,9,11-13H2,1-2H3/t16-,17-/m0/s1. The van der Waals surface area contributed by atoms with Gasteiger partial charge in [-0.15, -0.1) is 0 Å². The smallest absolute Gasteiger partial charge is 0.240 e. The highest BCUT2D eigenvalue weighted by atomic mass is 16.5. The molecule has 0 bridgehead atoms. The first-order valence-electron chi connectivity index (χ1n) is 8.10. The molecule has 1 saturated heterocycles. The molecule has 128 valence electrons. The summed E-state index contributed by atoms with van der Waals surface area (Å²) >= 11 is 0. The lowest BCUT2D eigenvalue weighted by Gasteiger charge is -2.27. The molecule has 1 aliphatic rings. The van der Waals surface area contributed by atoms with E-state index in [2.05, 4.69) is 9.88 Å². The van der Waals surface area contributed by atoms with Crippen LogP contribution < -0.4 is 0 Å². The maximum Gasteiger partial charge on any atom is 0.240 e. The van der Waals surface area contributed by atoms with E-state index in [9.17, 15) is 4.79 Å². The highest BCUT2D eigenvalue weighted by Gasteiger charge is 2.37. The van der Waals surface area contributed by atoms with Gasteiger partial charge in [-0.05, 0) is 37.2 Å². The van der Waals surface area contributed by atoms with Crippen LogP contribution in [0.4, 0.5) is 0 Å². The summed E-state index contributed by atoms with van der Waals surface area (Å²) in [6.45, 7) is 1.73. The molecule has 6 heteroatoms. The van der Waals surface area contributed by atoms with E-state index in [1.807, 2.05) is 36.2 Å². The second-order valence-corrected chi connectivity index (χ2v) is 6.18. The first-order valence-corrected chi connectivity index (χ1v) is 8.10. The predicted octanol–water partition coefficient (Wildman–Crippen LogP) is 1.92. The number of ether oxygens (including phenoxy) is 1. The summed E-state index contributed by atoms with van der Waals surface area (Å²) in [5, 5.41) is 0. The van der Waals surface area contributed by atoms with Crippen LogP contribution in [0.5, 0.6) is 0 Å². The van der Waals surface area contributed by atoms with Crippen LogP contribution in [0.1, 0.15) is 17.7 Å². The second kappa shape index (κ2) is 7.59. The maximum absolute atomic E-state index is 13.1. The van der Waals surface area contributed by atoms with E-state index < -0.39 is 0 Å². The van der Waals surface area contributed by atoms with E-state index >= 15 is 0 Å². The first-order chi connectivity index (χ1) is 11.7. The molecule has 0 N–H and O–H groups in total. The summed E-state index contributed by atoms with van der Waals surface area (Å²) in [5.41, 5.74) is 1.00. The molecular weight excluding hydrogens is 306 g/mol. The zero-order valence-electron chi connectivity index (χ0n) is 14.1. The Morgan fingerprint density at radius 2 is 2.29 bits per heavy atom. The van der Waals surface area contributed by atoms with Crippen molar-refractivity contribution in [2.24, 2.45) is 0 Å². The number of likely N-dealkylation sites (tertiary alicyclic amines) is 1. The fourth-order valence-electron chi connectivity index (χ4n) is 3.14. The van der Waals surface area contributed by atoms with Crippen LogP contribution in [0, 0.1) is 0 Å². The van der Waals surface area contributed by atoms with Gasteiger partial charge in [-0.1, -0.05) is 6.07 Å². The monoisotopic (exact) mass is 329 g/mol. The van der Waals surface area contributed by atoms with Crippen molar-refractivity contribution in [3.63, 3.8) is 0 Å². The third-order valence-electron chi connectivity index (χ3n) is 4.46. The van der Waals surface area contributed by atoms with Crippen LogP contribution in [-0.2, 0) is 22.6 Å². The lowest BCUT2D eigenvalue weighted by molar-refractivity contribution is -0.137. The number of likely N-dealkylation sites (N-methyl/N-ethyl adjacent to an activating group) is 1. The highest BCUT2D eigenvalue weighted by molar-refractivity contribution is 5.82. The zero-order valence-corrected chi connectivity index (χ0v) is 14.1. The van der Waals surface area contributed by atoms with Crippen molar-refractivity contribution < 1.29 is 13.9 Å². The van der Waals surface area contributed by atoms with Gasteiger partial charge in [0.15, 0.2) is 0 Å². The molecule has 0 aromatic carbocycles. The number of carbonyl (C=O) groups is 1. The Labute approximate surface area is 142 Å². The Balaban J connectivity index is 1.77. The molecule has 2 atom stereocenters. The SMILES string of the molecule is CO[C@H]1C[C@@H](C(=O)N(Cc2cccnc2)Cc2ccco2)N(C)C1. The van der Waals surface area contributed by atoms with Gasteiger partial charge in [-0.2, -0.15) is 0 Å². The minimum absolute atomic E-state index is 0.0947. The number of furan rings is 1. The second-order valence-electron chi connectivity index (χ2n) is 6.18. The van der Waals surface area contributed by atoms with Crippen molar-refractivity contribution in [3.05, 3.63) is 54.2 Å². The normalized spacial score (nSPS) is 21.1. The summed E-state index contributed by atoms with van der Waals surface area (Å²) in [5.74, 6) is 0.869. The Morgan fingerprint density at radius 1 is 1.42 bits per heavy atom. The van der Waals surface area contributed by atoms with Crippen molar-refractivity contribution in [3.8, 4) is 0 Å². The van der Waals surface area contributed by atoms with Gasteiger partial charge in [-0.3, -0.25) is 14.7 Å². The highest BCUT2D eigenvalue weighted by Crippen LogP contribution is 2.22. The molecule has 0 aliphatic carbocycles. The van der Waals surface area contributed by atoms with E-state index in [0.717, 1.165) is 17.9 Å². The minimum Gasteiger partial charge on any atom is -0.467 e. The van der Waals surface area contributed by atoms with Crippen LogP contribution in [0.2, 0.25) is 0 Å². The molecule has 3 rings (SSSR count). The number of rotatable bonds is 6. The van der Waals surface area contributed by atoms with Gasteiger partial charge in [0.1, 0.15) is 5.76 Å². The van der Waals surface area contributed by atoms with Crippen molar-refractivity contribution in [2.45, 2.75) is 31.7 Å². The number of nitrogens with zero attached hydrogens (tertiary/aromatic N) is 3. The molecule has 24 heavy (non-hydrogen) atoms. The number of hydrogen-bond donors (Lipinski definition) is 0. The Hall–Kier alpha value is -2.18. The maximum atomic E-state index is 13.1. The average Bonchev–Trinajstić information content (AvgIpc) is 3.24. The van der Waals surface area contributed by atoms with E-state index in [4.69, 9.17) is 9.15 Å². The number of pyridine rings is 1. The molecule has 1 amide bonds. The molecule has 6 nitrogen and oxygen atoms in total. The van der Waals surface area contributed by atoms with Gasteiger partial charge in [-0.25, -0.2) is 0 Å². The number of methoxy groups -OCH3 is 1. The van der Waals surface area contributed by atoms with Crippen LogP contribution in [0.15, 0.2) is 47.3 Å². The Kier molecular flexibility index (Phi) is 5.27. The third-order valence-corrected chi connectivity index (χ3v) is 4.46. The Bertz CT molecular complexity index is 645. The zero-order chi connectivity index (χ0) is 16.9. The molecule has 0 unspecified atom stereocenters. The van der Waals surface area contributed by atoms with Crippen LogP contribution in [0.25, 0.3) is 0 Å². The van der Waals surface area contributed by atoms with Gasteiger partial charge >= 0.3 is 0 Å². The predicted molar refractivity (Wildman–Crippen MR) is 89.0 cm³/mol. The molecule has 3 heterocycles. The van der Waals surface area contributed by atoms with E-state index in [1.165, 1.54) is 0 Å². The number of hydrogen-bond acceptors (Lipinski definition) is 5. The summed E-state index contributed by atoms with van der Waals surface area (Å²) in [7, 11) is 3.67. The summed E-state index contributed by atoms with van der Waals surface area (Å²) in [6, 6.07) is 7.42. The van der Waals surface area contributed by atoms with Gasteiger partial charge in [0.2, 0.25) is 5.91 Å².